The summed E-state index contributed by atoms with van der Waals surface area (Å²) in [4.78, 5) is 54.8. The molecular formula is C44H59F2N3O11. The van der Waals surface area contributed by atoms with Crippen LogP contribution in [0.3, 0.4) is 0 Å². The van der Waals surface area contributed by atoms with Crippen molar-refractivity contribution in [3.63, 3.8) is 0 Å². The normalized spacial score (nSPS) is 30.1. The zero-order valence-corrected chi connectivity index (χ0v) is 35.0. The van der Waals surface area contributed by atoms with E-state index in [0.717, 1.165) is 69.9 Å². The number of aromatic hydroxyl groups is 1. The Bertz CT molecular complexity index is 2140. The number of carbonyl (C=O) groups excluding carboxylic acids is 3. The van der Waals surface area contributed by atoms with Gasteiger partial charge < -0.3 is 50.2 Å². The van der Waals surface area contributed by atoms with E-state index < -0.39 is 105 Å². The van der Waals surface area contributed by atoms with E-state index in [4.69, 9.17) is 14.9 Å². The smallest absolute Gasteiger partial charge is 0.410 e. The van der Waals surface area contributed by atoms with Crippen molar-refractivity contribution in [2.75, 3.05) is 33.8 Å². The van der Waals surface area contributed by atoms with Gasteiger partial charge in [0.05, 0.1) is 18.2 Å². The first-order chi connectivity index (χ1) is 28.2. The molecule has 0 radical (unpaired) electrons. The number of carbonyl (C=O) groups is 3. The minimum absolute atomic E-state index is 0.151. The first kappa shape index (κ1) is 45.3. The van der Waals surface area contributed by atoms with Crippen molar-refractivity contribution < 1.29 is 57.9 Å². The number of phenolic OH excluding ortho intramolecular Hbond substituents is 1. The van der Waals surface area contributed by atoms with Crippen molar-refractivity contribution >= 4 is 28.8 Å². The monoisotopic (exact) mass is 843 g/mol. The topological polar surface area (TPSA) is 224 Å². The van der Waals surface area contributed by atoms with E-state index in [2.05, 4.69) is 0 Å². The van der Waals surface area contributed by atoms with Crippen LogP contribution in [-0.4, -0.2) is 116 Å². The molecule has 16 heteroatoms. The van der Waals surface area contributed by atoms with E-state index in [0.29, 0.717) is 25.1 Å². The average molecular weight is 844 g/mol. The maximum absolute atomic E-state index is 14.1. The van der Waals surface area contributed by atoms with E-state index in [-0.39, 0.29) is 22.9 Å². The van der Waals surface area contributed by atoms with Crippen LogP contribution in [0.5, 0.6) is 5.75 Å². The van der Waals surface area contributed by atoms with Gasteiger partial charge in [-0.05, 0) is 43.0 Å². The van der Waals surface area contributed by atoms with Crippen molar-refractivity contribution in [3.8, 4) is 5.75 Å². The van der Waals surface area contributed by atoms with Gasteiger partial charge in [0.15, 0.2) is 28.5 Å². The van der Waals surface area contributed by atoms with E-state index in [1.54, 1.807) is 20.0 Å². The van der Waals surface area contributed by atoms with Crippen molar-refractivity contribution in [2.45, 2.75) is 120 Å². The molecule has 0 spiro atoms. The summed E-state index contributed by atoms with van der Waals surface area (Å²) in [5.74, 6) is -7.68. The van der Waals surface area contributed by atoms with Crippen LogP contribution in [0.1, 0.15) is 102 Å². The number of halogens is 2. The minimum Gasteiger partial charge on any atom is -0.503 e. The zero-order valence-electron chi connectivity index (χ0n) is 35.0. The van der Waals surface area contributed by atoms with E-state index in [1.165, 1.54) is 22.9 Å². The number of Topliss-reactive ketones (excluding diaryl/α,β-unsaturated/α-hetero) is 1. The Morgan fingerprint density at radius 3 is 2.08 bits per heavy atom. The molecule has 4 aliphatic carbocycles. The third-order valence-corrected chi connectivity index (χ3v) is 13.9. The summed E-state index contributed by atoms with van der Waals surface area (Å²) >= 11 is 0. The van der Waals surface area contributed by atoms with Crippen LogP contribution in [0.2, 0.25) is 0 Å². The van der Waals surface area contributed by atoms with Gasteiger partial charge in [0.25, 0.3) is 5.91 Å². The number of unbranched alkanes of at least 4 members (excludes halogenated alkanes) is 9. The van der Waals surface area contributed by atoms with Gasteiger partial charge in [-0.25, -0.2) is 14.0 Å². The van der Waals surface area contributed by atoms with Crippen LogP contribution in [0.4, 0.5) is 13.6 Å². The highest BCUT2D eigenvalue weighted by molar-refractivity contribution is 6.05. The number of rotatable bonds is 16. The Morgan fingerprint density at radius 1 is 0.933 bits per heavy atom. The number of phenols is 1. The first-order valence-corrected chi connectivity index (χ1v) is 21.0. The summed E-state index contributed by atoms with van der Waals surface area (Å²) in [6.07, 6.45) is 10.1. The number of ketones is 1. The van der Waals surface area contributed by atoms with Crippen LogP contribution in [-0.2, 0) is 9.53 Å². The highest BCUT2D eigenvalue weighted by atomic mass is 19.1. The van der Waals surface area contributed by atoms with Gasteiger partial charge in [0, 0.05) is 62.2 Å². The van der Waals surface area contributed by atoms with Gasteiger partial charge in [-0.1, -0.05) is 77.4 Å². The lowest BCUT2D eigenvalue weighted by Crippen LogP contribution is -2.72. The summed E-state index contributed by atoms with van der Waals surface area (Å²) in [5.41, 5.74) is -1.06. The van der Waals surface area contributed by atoms with Crippen molar-refractivity contribution in [2.24, 2.45) is 28.9 Å². The standard InChI is InChI=1S/C44H59F2N3O11/c1-24-18-30-42(57,36(24)52)22-25(23-50)19-28-34-41(2,3)44(34,37(53)35(47)43(28,30)58)60-40(56)49(5)17-15-13-11-9-7-6-8-10-12-14-16-48(4)38(54)27-20-26-21-29(45)32(51)31(46)33(26)59-39(27)55/h18-21,28,30,34-35,37,50-51,53,57-58H,6-17,22-23,47H2,1-5H3/t28-,30+,34+,35+,37+,42+,43+,44+/m0/s1. The Kier molecular flexibility index (Phi) is 12.8. The largest absolute Gasteiger partial charge is 0.503 e. The molecule has 0 bridgehead atoms. The molecule has 2 fully saturated rings. The number of nitrogens with zero attached hydrogens (tertiary/aromatic N) is 2. The van der Waals surface area contributed by atoms with Gasteiger partial charge in [-0.15, -0.1) is 0 Å². The summed E-state index contributed by atoms with van der Waals surface area (Å²) in [5, 5.41) is 55.4. The number of aliphatic hydroxyl groups excluding tert-OH is 2. The van der Waals surface area contributed by atoms with Crippen molar-refractivity contribution in [3.05, 3.63) is 63.0 Å². The van der Waals surface area contributed by atoms with E-state index >= 15 is 0 Å². The molecule has 0 unspecified atom stereocenters. The summed E-state index contributed by atoms with van der Waals surface area (Å²) in [6, 6.07) is 0.468. The summed E-state index contributed by atoms with van der Waals surface area (Å²) in [6.45, 7) is 5.57. The average Bonchev–Trinajstić information content (AvgIpc) is 3.64. The first-order valence-electron chi connectivity index (χ1n) is 21.0. The maximum Gasteiger partial charge on any atom is 0.410 e. The fourth-order valence-electron chi connectivity index (χ4n) is 10.5. The van der Waals surface area contributed by atoms with Crippen molar-refractivity contribution in [1.29, 1.82) is 0 Å². The van der Waals surface area contributed by atoms with E-state index in [1.807, 2.05) is 13.8 Å². The molecule has 330 valence electrons. The molecule has 14 nitrogen and oxygen atoms in total. The minimum atomic E-state index is -2.03. The molecule has 2 saturated carbocycles. The predicted octanol–water partition coefficient (Wildman–Crippen LogP) is 4.46. The molecule has 1 heterocycles. The summed E-state index contributed by atoms with van der Waals surface area (Å²) < 4.78 is 39.0. The van der Waals surface area contributed by atoms with Crippen LogP contribution >= 0.6 is 0 Å². The molecule has 8 atom stereocenters. The fourth-order valence-corrected chi connectivity index (χ4v) is 10.5. The van der Waals surface area contributed by atoms with Gasteiger partial charge in [0.2, 0.25) is 5.82 Å². The lowest BCUT2D eigenvalue weighted by Gasteiger charge is -2.52. The number of amides is 2. The van der Waals surface area contributed by atoms with Crippen LogP contribution in [0, 0.1) is 34.8 Å². The molecule has 4 aliphatic rings. The molecule has 1 aromatic carbocycles. The SMILES string of the molecule is CC1=C[C@H]2[C@@]3(O)[C@H](N)[C@@H](O)[C@]4(OC(=O)N(C)CCCCCCCCCCCCN(C)C(=O)c5cc6cc(F)c(O)c(F)c6oc5=O)[C@H]([C@@H]3C=C(CO)C[C@]2(O)C1=O)C4(C)C. The van der Waals surface area contributed by atoms with Gasteiger partial charge in [-0.3, -0.25) is 9.59 Å². The molecule has 0 aliphatic heterocycles. The number of aliphatic hydroxyl groups is 4. The molecule has 2 aromatic rings. The van der Waals surface area contributed by atoms with Crippen molar-refractivity contribution in [1.82, 2.24) is 9.80 Å². The van der Waals surface area contributed by atoms with E-state index in [9.17, 15) is 53.5 Å². The highest BCUT2D eigenvalue weighted by Crippen LogP contribution is 2.75. The number of hydrogen-bond donors (Lipinski definition) is 6. The second-order valence-electron chi connectivity index (χ2n) is 18.1. The van der Waals surface area contributed by atoms with Gasteiger partial charge in [-0.2, -0.15) is 4.39 Å². The Balaban J connectivity index is 0.895. The summed E-state index contributed by atoms with van der Waals surface area (Å²) in [7, 11) is 3.17. The number of ether oxygens (including phenoxy) is 1. The molecule has 7 N–H and O–H groups in total. The quantitative estimate of drug-likeness (QED) is 0.0783. The molecule has 1 aromatic heterocycles. The number of benzene rings is 1. The maximum atomic E-state index is 14.1. The number of hydrogen-bond acceptors (Lipinski definition) is 12. The molecule has 2 amide bonds. The number of nitrogens with two attached hydrogens (primary N) is 1. The predicted molar refractivity (Wildman–Crippen MR) is 216 cm³/mol. The third-order valence-electron chi connectivity index (χ3n) is 13.9. The molecular weight excluding hydrogens is 784 g/mol. The lowest BCUT2D eigenvalue weighted by atomic mass is 9.61. The Labute approximate surface area is 347 Å². The second kappa shape index (κ2) is 16.9. The van der Waals surface area contributed by atoms with Crippen LogP contribution in [0.15, 0.2) is 44.6 Å². The Morgan fingerprint density at radius 2 is 1.50 bits per heavy atom. The van der Waals surface area contributed by atoms with Gasteiger partial charge >= 0.3 is 11.7 Å². The molecule has 6 rings (SSSR count). The fraction of sp³-hybridized carbons (Fsp3) is 0.636. The Hall–Kier alpha value is -4.22. The second-order valence-corrected chi connectivity index (χ2v) is 18.1. The number of fused-ring (bicyclic) bond motifs is 6. The van der Waals surface area contributed by atoms with Gasteiger partial charge in [0.1, 0.15) is 17.3 Å². The molecule has 60 heavy (non-hydrogen) atoms. The third kappa shape index (κ3) is 7.45. The zero-order chi connectivity index (χ0) is 44.1. The lowest BCUT2D eigenvalue weighted by molar-refractivity contribution is -0.191. The molecule has 0 saturated heterocycles. The highest BCUT2D eigenvalue weighted by Gasteiger charge is 2.87. The van der Waals surface area contributed by atoms with Crippen LogP contribution in [0.25, 0.3) is 11.0 Å². The van der Waals surface area contributed by atoms with Crippen LogP contribution < -0.4 is 11.4 Å².